The second kappa shape index (κ2) is 4.56. The van der Waals surface area contributed by atoms with Crippen molar-refractivity contribution in [1.29, 1.82) is 0 Å². The molecule has 0 atom stereocenters. The number of aryl methyl sites for hydroxylation is 1. The van der Waals surface area contributed by atoms with Crippen molar-refractivity contribution >= 4 is 17.5 Å². The smallest absolute Gasteiger partial charge is 0.356 e. The van der Waals surface area contributed by atoms with E-state index in [1.54, 1.807) is 18.5 Å². The number of carbonyl (C=O) groups is 1. The van der Waals surface area contributed by atoms with Gasteiger partial charge in [0.05, 0.1) is 11.9 Å². The highest BCUT2D eigenvalue weighted by Gasteiger charge is 2.05. The van der Waals surface area contributed by atoms with E-state index in [-0.39, 0.29) is 5.69 Å². The maximum absolute atomic E-state index is 10.6. The van der Waals surface area contributed by atoms with Crippen LogP contribution in [0.3, 0.4) is 0 Å². The third-order valence-corrected chi connectivity index (χ3v) is 2.03. The molecule has 2 aromatic rings. The molecule has 0 saturated carbocycles. The molecule has 2 aromatic heterocycles. The topological polar surface area (TPSA) is 88.0 Å². The molecule has 0 radical (unpaired) electrons. The Bertz CT molecular complexity index is 539. The molecule has 0 aliphatic heterocycles. The Hall–Kier alpha value is -2.50. The molecule has 17 heavy (non-hydrogen) atoms. The minimum absolute atomic E-state index is 0.0853. The maximum atomic E-state index is 10.6. The average molecular weight is 230 g/mol. The Labute approximate surface area is 97.4 Å². The predicted octanol–water partition coefficient (Wildman–Crippen LogP) is 1.62. The van der Waals surface area contributed by atoms with Gasteiger partial charge in [-0.1, -0.05) is 0 Å². The molecule has 2 rings (SSSR count). The van der Waals surface area contributed by atoms with Gasteiger partial charge in [0.1, 0.15) is 0 Å². The molecule has 2 heterocycles. The lowest BCUT2D eigenvalue weighted by Crippen LogP contribution is -2.03. The van der Waals surface area contributed by atoms with Crippen LogP contribution in [0.25, 0.3) is 0 Å². The van der Waals surface area contributed by atoms with E-state index >= 15 is 0 Å². The summed E-state index contributed by atoms with van der Waals surface area (Å²) in [6, 6.07) is 4.85. The summed E-state index contributed by atoms with van der Waals surface area (Å²) >= 11 is 0. The van der Waals surface area contributed by atoms with E-state index in [4.69, 9.17) is 5.11 Å². The molecule has 0 amide bonds. The minimum Gasteiger partial charge on any atom is -0.476 e. The van der Waals surface area contributed by atoms with Crippen LogP contribution in [0, 0.1) is 6.92 Å². The molecule has 2 N–H and O–H groups in total. The largest absolute Gasteiger partial charge is 0.476 e. The highest BCUT2D eigenvalue weighted by atomic mass is 16.4. The summed E-state index contributed by atoms with van der Waals surface area (Å²) in [5, 5.41) is 19.0. The van der Waals surface area contributed by atoms with Crippen molar-refractivity contribution in [3.63, 3.8) is 0 Å². The van der Waals surface area contributed by atoms with Gasteiger partial charge in [0.25, 0.3) is 0 Å². The first kappa shape index (κ1) is 11.0. The molecule has 6 heteroatoms. The number of carboxylic acid groups (broad SMARTS) is 1. The van der Waals surface area contributed by atoms with Gasteiger partial charge in [-0.2, -0.15) is 0 Å². The van der Waals surface area contributed by atoms with Gasteiger partial charge in [0, 0.05) is 6.20 Å². The zero-order chi connectivity index (χ0) is 12.3. The number of pyridine rings is 1. The molecule has 0 fully saturated rings. The van der Waals surface area contributed by atoms with Gasteiger partial charge in [-0.15, -0.1) is 10.2 Å². The zero-order valence-corrected chi connectivity index (χ0v) is 9.08. The number of nitrogens with one attached hydrogen (secondary N) is 1. The standard InChI is InChI=1S/C11H10N4O2/c1-7-4-8(6-12-5-7)13-10-3-2-9(11(16)17)14-15-10/h2-6H,1H3,(H,13,15)(H,16,17). The summed E-state index contributed by atoms with van der Waals surface area (Å²) in [5.41, 5.74) is 1.71. The number of aromatic carboxylic acids is 1. The lowest BCUT2D eigenvalue weighted by atomic mass is 10.3. The van der Waals surface area contributed by atoms with Gasteiger partial charge in [0.15, 0.2) is 11.5 Å². The van der Waals surface area contributed by atoms with Crippen LogP contribution >= 0.6 is 0 Å². The van der Waals surface area contributed by atoms with Crippen LogP contribution in [0.15, 0.2) is 30.6 Å². The maximum Gasteiger partial charge on any atom is 0.356 e. The summed E-state index contributed by atoms with van der Waals surface area (Å²) in [5.74, 6) is -0.622. The van der Waals surface area contributed by atoms with E-state index in [0.717, 1.165) is 11.3 Å². The first-order chi connectivity index (χ1) is 8.15. The van der Waals surface area contributed by atoms with Gasteiger partial charge in [-0.05, 0) is 30.7 Å². The van der Waals surface area contributed by atoms with Crippen LogP contribution in [0.4, 0.5) is 11.5 Å². The van der Waals surface area contributed by atoms with Crippen molar-refractivity contribution in [3.8, 4) is 0 Å². The second-order valence-corrected chi connectivity index (χ2v) is 3.48. The monoisotopic (exact) mass is 230 g/mol. The van der Waals surface area contributed by atoms with Crippen LogP contribution in [0.5, 0.6) is 0 Å². The van der Waals surface area contributed by atoms with Crippen molar-refractivity contribution in [2.24, 2.45) is 0 Å². The van der Waals surface area contributed by atoms with Crippen LogP contribution in [-0.4, -0.2) is 26.3 Å². The summed E-state index contributed by atoms with van der Waals surface area (Å²) in [6.45, 7) is 1.93. The van der Waals surface area contributed by atoms with E-state index < -0.39 is 5.97 Å². The number of rotatable bonds is 3. The third kappa shape index (κ3) is 2.75. The quantitative estimate of drug-likeness (QED) is 0.833. The number of hydrogen-bond acceptors (Lipinski definition) is 5. The Balaban J connectivity index is 2.16. The molecule has 0 aliphatic carbocycles. The summed E-state index contributed by atoms with van der Waals surface area (Å²) in [4.78, 5) is 14.6. The van der Waals surface area contributed by atoms with E-state index in [2.05, 4.69) is 20.5 Å². The highest BCUT2D eigenvalue weighted by Crippen LogP contribution is 2.13. The van der Waals surface area contributed by atoms with Crippen LogP contribution in [0.2, 0.25) is 0 Å². The summed E-state index contributed by atoms with van der Waals surface area (Å²) < 4.78 is 0. The number of carboxylic acids is 1. The molecule has 0 aromatic carbocycles. The van der Waals surface area contributed by atoms with E-state index in [0.29, 0.717) is 5.82 Å². The highest BCUT2D eigenvalue weighted by molar-refractivity contribution is 5.85. The average Bonchev–Trinajstić information content (AvgIpc) is 2.29. The predicted molar refractivity (Wildman–Crippen MR) is 61.2 cm³/mol. The number of aromatic nitrogens is 3. The molecule has 0 bridgehead atoms. The van der Waals surface area contributed by atoms with Crippen molar-refractivity contribution in [1.82, 2.24) is 15.2 Å². The Morgan fingerprint density at radius 3 is 2.71 bits per heavy atom. The lowest BCUT2D eigenvalue weighted by molar-refractivity contribution is 0.0689. The number of nitrogens with zero attached hydrogens (tertiary/aromatic N) is 3. The Kier molecular flexibility index (Phi) is 2.95. The molecule has 0 spiro atoms. The fraction of sp³-hybridized carbons (Fsp3) is 0.0909. The van der Waals surface area contributed by atoms with E-state index in [1.165, 1.54) is 6.07 Å². The number of anilines is 2. The van der Waals surface area contributed by atoms with E-state index in [9.17, 15) is 4.79 Å². The SMILES string of the molecule is Cc1cncc(Nc2ccc(C(=O)O)nn2)c1. The third-order valence-electron chi connectivity index (χ3n) is 2.03. The number of hydrogen-bond donors (Lipinski definition) is 2. The van der Waals surface area contributed by atoms with Crippen LogP contribution in [0.1, 0.15) is 16.1 Å². The van der Waals surface area contributed by atoms with E-state index in [1.807, 2.05) is 13.0 Å². The van der Waals surface area contributed by atoms with Crippen molar-refractivity contribution in [2.75, 3.05) is 5.32 Å². The Morgan fingerprint density at radius 2 is 2.12 bits per heavy atom. The second-order valence-electron chi connectivity index (χ2n) is 3.48. The van der Waals surface area contributed by atoms with Crippen molar-refractivity contribution in [3.05, 3.63) is 41.9 Å². The minimum atomic E-state index is -1.10. The van der Waals surface area contributed by atoms with Crippen LogP contribution in [-0.2, 0) is 0 Å². The molecular formula is C11H10N4O2. The summed E-state index contributed by atoms with van der Waals surface area (Å²) in [6.07, 6.45) is 3.39. The van der Waals surface area contributed by atoms with Gasteiger partial charge >= 0.3 is 5.97 Å². The molecular weight excluding hydrogens is 220 g/mol. The fourth-order valence-electron chi connectivity index (χ4n) is 1.28. The molecule has 86 valence electrons. The first-order valence-corrected chi connectivity index (χ1v) is 4.91. The van der Waals surface area contributed by atoms with Gasteiger partial charge in [-0.25, -0.2) is 4.79 Å². The normalized spacial score (nSPS) is 9.94. The molecule has 6 nitrogen and oxygen atoms in total. The Morgan fingerprint density at radius 1 is 1.29 bits per heavy atom. The van der Waals surface area contributed by atoms with Gasteiger partial charge < -0.3 is 10.4 Å². The summed E-state index contributed by atoms with van der Waals surface area (Å²) in [7, 11) is 0. The fourth-order valence-corrected chi connectivity index (χ4v) is 1.28. The van der Waals surface area contributed by atoms with Crippen LogP contribution < -0.4 is 5.32 Å². The molecule has 0 aliphatic rings. The van der Waals surface area contributed by atoms with Crippen molar-refractivity contribution < 1.29 is 9.90 Å². The molecule has 0 unspecified atom stereocenters. The first-order valence-electron chi connectivity index (χ1n) is 4.91. The lowest BCUT2D eigenvalue weighted by Gasteiger charge is -2.04. The zero-order valence-electron chi connectivity index (χ0n) is 9.08. The van der Waals surface area contributed by atoms with Gasteiger partial charge in [0.2, 0.25) is 0 Å². The van der Waals surface area contributed by atoms with Crippen molar-refractivity contribution in [2.45, 2.75) is 6.92 Å². The van der Waals surface area contributed by atoms with Gasteiger partial charge in [-0.3, -0.25) is 4.98 Å². The molecule has 0 saturated heterocycles.